The molecule has 4 rings (SSSR count). The molecule has 164 valence electrons. The predicted molar refractivity (Wildman–Crippen MR) is 129 cm³/mol. The average Bonchev–Trinajstić information content (AvgIpc) is 3.23. The maximum Gasteiger partial charge on any atom is 0.141 e. The molecule has 0 amide bonds. The molecule has 1 aliphatic carbocycles. The standard InChI is InChI=1S/C27H32FNOS/c1-19-7-11-22(12-8-19)29-20(2)25-24(17-31-23-13-9-21(28)10-14-23)26(3,4)27(18-30-25)15-5-6-16-27/h7-14H,5-6,15-18H2,1-4H3. The molecule has 1 heterocycles. The summed E-state index contributed by atoms with van der Waals surface area (Å²) in [6.07, 6.45) is 4.98. The van der Waals surface area contributed by atoms with Crippen LogP contribution in [0.3, 0.4) is 0 Å². The van der Waals surface area contributed by atoms with Gasteiger partial charge in [-0.25, -0.2) is 9.38 Å². The third kappa shape index (κ3) is 4.45. The van der Waals surface area contributed by atoms with E-state index < -0.39 is 0 Å². The third-order valence-electron chi connectivity index (χ3n) is 7.26. The molecule has 4 heteroatoms. The minimum atomic E-state index is -0.198. The summed E-state index contributed by atoms with van der Waals surface area (Å²) in [5, 5.41) is 0. The van der Waals surface area contributed by atoms with Crippen LogP contribution in [-0.2, 0) is 4.74 Å². The van der Waals surface area contributed by atoms with Gasteiger partial charge in [-0.2, -0.15) is 0 Å². The fraction of sp³-hybridized carbons (Fsp3) is 0.444. The highest BCUT2D eigenvalue weighted by atomic mass is 32.2. The van der Waals surface area contributed by atoms with Gasteiger partial charge in [0.1, 0.15) is 11.6 Å². The molecule has 0 aromatic heterocycles. The van der Waals surface area contributed by atoms with Gasteiger partial charge in [-0.15, -0.1) is 11.8 Å². The van der Waals surface area contributed by atoms with E-state index in [-0.39, 0.29) is 16.6 Å². The van der Waals surface area contributed by atoms with E-state index in [1.807, 2.05) is 12.1 Å². The van der Waals surface area contributed by atoms with Crippen LogP contribution in [0, 0.1) is 23.6 Å². The van der Waals surface area contributed by atoms with Crippen molar-refractivity contribution in [2.24, 2.45) is 15.8 Å². The van der Waals surface area contributed by atoms with E-state index in [0.717, 1.165) is 34.4 Å². The van der Waals surface area contributed by atoms with Gasteiger partial charge in [0, 0.05) is 16.1 Å². The van der Waals surface area contributed by atoms with Gasteiger partial charge in [0.25, 0.3) is 0 Å². The number of nitrogens with zero attached hydrogens (tertiary/aromatic N) is 1. The van der Waals surface area contributed by atoms with Gasteiger partial charge in [-0.1, -0.05) is 44.4 Å². The van der Waals surface area contributed by atoms with Crippen LogP contribution in [0.15, 0.2) is 69.8 Å². The van der Waals surface area contributed by atoms with Crippen LogP contribution in [0.4, 0.5) is 10.1 Å². The Morgan fingerprint density at radius 3 is 2.32 bits per heavy atom. The fourth-order valence-electron chi connectivity index (χ4n) is 5.02. The largest absolute Gasteiger partial charge is 0.491 e. The van der Waals surface area contributed by atoms with Gasteiger partial charge in [-0.05, 0) is 74.1 Å². The number of rotatable bonds is 5. The second-order valence-corrected chi connectivity index (χ2v) is 10.5. The molecule has 0 radical (unpaired) electrons. The number of hydrogen-bond donors (Lipinski definition) is 0. The number of benzene rings is 2. The van der Waals surface area contributed by atoms with Crippen molar-refractivity contribution in [3.8, 4) is 0 Å². The molecule has 2 nitrogen and oxygen atoms in total. The van der Waals surface area contributed by atoms with E-state index in [9.17, 15) is 4.39 Å². The summed E-state index contributed by atoms with van der Waals surface area (Å²) in [5.41, 5.74) is 4.64. The summed E-state index contributed by atoms with van der Waals surface area (Å²) in [4.78, 5) is 5.97. The zero-order valence-electron chi connectivity index (χ0n) is 19.0. The SMILES string of the molecule is CC(=Nc1ccc(C)cc1)C1=C(CSc2ccc(F)cc2)C(C)(C)C2(CCCC2)CO1. The van der Waals surface area contributed by atoms with E-state index in [2.05, 4.69) is 52.0 Å². The first-order valence-electron chi connectivity index (χ1n) is 11.2. The number of allylic oxidation sites excluding steroid dienone is 1. The second-order valence-electron chi connectivity index (χ2n) is 9.48. The highest BCUT2D eigenvalue weighted by Gasteiger charge is 2.52. The smallest absolute Gasteiger partial charge is 0.141 e. The lowest BCUT2D eigenvalue weighted by atomic mass is 9.60. The first kappa shape index (κ1) is 22.1. The molecule has 1 aliphatic heterocycles. The Labute approximate surface area is 190 Å². The first-order chi connectivity index (χ1) is 14.8. The molecule has 0 atom stereocenters. The van der Waals surface area contributed by atoms with E-state index in [4.69, 9.17) is 9.73 Å². The van der Waals surface area contributed by atoms with Crippen molar-refractivity contribution in [2.75, 3.05) is 12.4 Å². The van der Waals surface area contributed by atoms with Crippen LogP contribution >= 0.6 is 11.8 Å². The van der Waals surface area contributed by atoms with Crippen molar-refractivity contribution >= 4 is 23.2 Å². The normalized spacial score (nSPS) is 20.2. The van der Waals surface area contributed by atoms with E-state index in [1.54, 1.807) is 11.8 Å². The monoisotopic (exact) mass is 437 g/mol. The number of ether oxygens (including phenoxy) is 1. The van der Waals surface area contributed by atoms with E-state index in [1.165, 1.54) is 49.0 Å². The molecular weight excluding hydrogens is 405 g/mol. The lowest BCUT2D eigenvalue weighted by molar-refractivity contribution is -0.00902. The topological polar surface area (TPSA) is 21.6 Å². The predicted octanol–water partition coefficient (Wildman–Crippen LogP) is 7.89. The summed E-state index contributed by atoms with van der Waals surface area (Å²) in [7, 11) is 0. The molecule has 1 saturated carbocycles. The van der Waals surface area contributed by atoms with E-state index >= 15 is 0 Å². The van der Waals surface area contributed by atoms with Gasteiger partial charge in [0.2, 0.25) is 0 Å². The highest BCUT2D eigenvalue weighted by molar-refractivity contribution is 7.99. The zero-order valence-corrected chi connectivity index (χ0v) is 19.8. The Morgan fingerprint density at radius 2 is 1.68 bits per heavy atom. The van der Waals surface area contributed by atoms with Crippen molar-refractivity contribution < 1.29 is 9.13 Å². The summed E-state index contributed by atoms with van der Waals surface area (Å²) >= 11 is 1.75. The Kier molecular flexibility index (Phi) is 6.30. The molecule has 0 saturated heterocycles. The van der Waals surface area contributed by atoms with Crippen molar-refractivity contribution in [1.82, 2.24) is 0 Å². The number of thioether (sulfide) groups is 1. The molecular formula is C27H32FNOS. The molecule has 0 bridgehead atoms. The van der Waals surface area contributed by atoms with Gasteiger partial charge >= 0.3 is 0 Å². The van der Waals surface area contributed by atoms with Gasteiger partial charge < -0.3 is 4.74 Å². The lowest BCUT2D eigenvalue weighted by Gasteiger charge is -2.50. The molecule has 1 spiro atoms. The maximum atomic E-state index is 13.4. The number of aryl methyl sites for hydroxylation is 1. The van der Waals surface area contributed by atoms with Crippen molar-refractivity contribution in [3.05, 3.63) is 71.2 Å². The van der Waals surface area contributed by atoms with Crippen molar-refractivity contribution in [1.29, 1.82) is 0 Å². The van der Waals surface area contributed by atoms with Crippen LogP contribution < -0.4 is 0 Å². The molecule has 2 aromatic carbocycles. The number of halogens is 1. The average molecular weight is 438 g/mol. The van der Waals surface area contributed by atoms with Crippen LogP contribution in [0.2, 0.25) is 0 Å². The second kappa shape index (κ2) is 8.82. The Morgan fingerprint density at radius 1 is 1.03 bits per heavy atom. The van der Waals surface area contributed by atoms with Crippen LogP contribution in [0.1, 0.15) is 52.0 Å². The highest BCUT2D eigenvalue weighted by Crippen LogP contribution is 2.58. The summed E-state index contributed by atoms with van der Waals surface area (Å²) in [6.45, 7) is 9.68. The van der Waals surface area contributed by atoms with Gasteiger partial charge in [0.05, 0.1) is 18.0 Å². The minimum absolute atomic E-state index is 0.0220. The summed E-state index contributed by atoms with van der Waals surface area (Å²) in [5.74, 6) is 1.56. The van der Waals surface area contributed by atoms with Crippen LogP contribution in [0.25, 0.3) is 0 Å². The molecule has 0 N–H and O–H groups in total. The van der Waals surface area contributed by atoms with Crippen molar-refractivity contribution in [3.63, 3.8) is 0 Å². The molecule has 2 aromatic rings. The summed E-state index contributed by atoms with van der Waals surface area (Å²) < 4.78 is 19.9. The first-order valence-corrected chi connectivity index (χ1v) is 12.2. The Balaban J connectivity index is 1.70. The van der Waals surface area contributed by atoms with Gasteiger partial charge in [-0.3, -0.25) is 0 Å². The Bertz CT molecular complexity index is 983. The maximum absolute atomic E-state index is 13.4. The molecule has 0 unspecified atom stereocenters. The quantitative estimate of drug-likeness (QED) is 0.350. The molecule has 1 fully saturated rings. The minimum Gasteiger partial charge on any atom is -0.491 e. The fourth-order valence-corrected chi connectivity index (χ4v) is 6.15. The van der Waals surface area contributed by atoms with E-state index in [0.29, 0.717) is 0 Å². The lowest BCUT2D eigenvalue weighted by Crippen LogP contribution is -2.46. The van der Waals surface area contributed by atoms with Gasteiger partial charge in [0.15, 0.2) is 0 Å². The zero-order chi connectivity index (χ0) is 22.1. The van der Waals surface area contributed by atoms with Crippen LogP contribution in [0.5, 0.6) is 0 Å². The Hall–Kier alpha value is -2.07. The van der Waals surface area contributed by atoms with Crippen LogP contribution in [-0.4, -0.2) is 18.1 Å². The number of aliphatic imine (C=N–C) groups is 1. The molecule has 2 aliphatic rings. The number of hydrogen-bond acceptors (Lipinski definition) is 3. The van der Waals surface area contributed by atoms with Crippen molar-refractivity contribution in [2.45, 2.75) is 58.3 Å². The summed E-state index contributed by atoms with van der Waals surface area (Å²) in [6, 6.07) is 15.1. The third-order valence-corrected chi connectivity index (χ3v) is 8.30. The molecule has 31 heavy (non-hydrogen) atoms.